The lowest BCUT2D eigenvalue weighted by Gasteiger charge is -2.25. The van der Waals surface area contributed by atoms with Crippen molar-refractivity contribution in [1.29, 1.82) is 0 Å². The maximum absolute atomic E-state index is 13.4. The van der Waals surface area contributed by atoms with Gasteiger partial charge in [-0.2, -0.15) is 4.98 Å². The van der Waals surface area contributed by atoms with Crippen LogP contribution in [0.2, 0.25) is 0 Å². The fraction of sp³-hybridized carbons (Fsp3) is 0.400. The van der Waals surface area contributed by atoms with Crippen LogP contribution in [0.1, 0.15) is 74.5 Å². The van der Waals surface area contributed by atoms with E-state index in [1.807, 2.05) is 0 Å². The van der Waals surface area contributed by atoms with Gasteiger partial charge in [0, 0.05) is 35.7 Å². The molecule has 0 bridgehead atoms. The molecule has 1 aliphatic rings. The molecule has 0 saturated carbocycles. The number of hydrogen-bond acceptors (Lipinski definition) is 8. The summed E-state index contributed by atoms with van der Waals surface area (Å²) < 4.78 is 10.2. The van der Waals surface area contributed by atoms with Crippen LogP contribution in [0.3, 0.4) is 0 Å². The third-order valence-electron chi connectivity index (χ3n) is 6.60. The zero-order chi connectivity index (χ0) is 30.6. The minimum atomic E-state index is -0.938. The SMILES string of the molecule is CCOC(=O)CC[C@@H](C(=O)OCC)N1Cc2ccc(C#Cc3c[nH]c4nc(NC(=O)C(C)(C)C)[nH]c(=O)c34)cc2C1=O. The number of benzene rings is 1. The smallest absolute Gasteiger partial charge is 0.328 e. The van der Waals surface area contributed by atoms with Gasteiger partial charge >= 0.3 is 11.9 Å². The Morgan fingerprint density at radius 1 is 1.12 bits per heavy atom. The molecule has 0 radical (unpaired) electrons. The van der Waals surface area contributed by atoms with E-state index in [2.05, 4.69) is 32.1 Å². The normalized spacial score (nSPS) is 13.3. The Morgan fingerprint density at radius 2 is 1.86 bits per heavy atom. The van der Waals surface area contributed by atoms with E-state index in [-0.39, 0.29) is 61.4 Å². The predicted octanol–water partition coefficient (Wildman–Crippen LogP) is 2.87. The van der Waals surface area contributed by atoms with Gasteiger partial charge in [-0.25, -0.2) is 4.79 Å². The first kappa shape index (κ1) is 30.0. The second-order valence-electron chi connectivity index (χ2n) is 10.7. The molecule has 3 aromatic rings. The molecule has 2 amide bonds. The molecule has 12 nitrogen and oxygen atoms in total. The molecule has 4 rings (SSSR count). The summed E-state index contributed by atoms with van der Waals surface area (Å²) in [5.41, 5.74) is 1.15. The van der Waals surface area contributed by atoms with Crippen LogP contribution in [0.4, 0.5) is 5.95 Å². The summed E-state index contributed by atoms with van der Waals surface area (Å²) in [6.07, 6.45) is 1.59. The number of carbonyl (C=O) groups excluding carboxylic acids is 4. The lowest BCUT2D eigenvalue weighted by molar-refractivity contribution is -0.150. The third kappa shape index (κ3) is 6.52. The van der Waals surface area contributed by atoms with Crippen molar-refractivity contribution in [2.75, 3.05) is 18.5 Å². The number of ether oxygens (including phenoxy) is 2. The Labute approximate surface area is 242 Å². The van der Waals surface area contributed by atoms with Crippen LogP contribution in [0.15, 0.2) is 29.2 Å². The van der Waals surface area contributed by atoms with Crippen molar-refractivity contribution < 1.29 is 28.7 Å². The van der Waals surface area contributed by atoms with E-state index in [9.17, 15) is 24.0 Å². The average molecular weight is 576 g/mol. The summed E-state index contributed by atoms with van der Waals surface area (Å²) in [7, 11) is 0. The van der Waals surface area contributed by atoms with Gasteiger partial charge in [-0.05, 0) is 38.0 Å². The second-order valence-corrected chi connectivity index (χ2v) is 10.7. The Balaban J connectivity index is 1.56. The van der Waals surface area contributed by atoms with Crippen LogP contribution in [0.25, 0.3) is 11.0 Å². The molecule has 0 fully saturated rings. The van der Waals surface area contributed by atoms with Gasteiger partial charge in [-0.3, -0.25) is 29.5 Å². The first-order valence-electron chi connectivity index (χ1n) is 13.6. The minimum Gasteiger partial charge on any atom is -0.466 e. The largest absolute Gasteiger partial charge is 0.466 e. The van der Waals surface area contributed by atoms with Crippen molar-refractivity contribution in [3.8, 4) is 11.8 Å². The fourth-order valence-electron chi connectivity index (χ4n) is 4.41. The first-order chi connectivity index (χ1) is 19.9. The van der Waals surface area contributed by atoms with E-state index in [1.54, 1.807) is 59.0 Å². The van der Waals surface area contributed by atoms with E-state index < -0.39 is 29.0 Å². The number of esters is 2. The van der Waals surface area contributed by atoms with Crippen molar-refractivity contribution in [1.82, 2.24) is 19.9 Å². The number of carbonyl (C=O) groups is 4. The van der Waals surface area contributed by atoms with Gasteiger partial charge < -0.3 is 19.4 Å². The van der Waals surface area contributed by atoms with Gasteiger partial charge in [0.25, 0.3) is 11.5 Å². The van der Waals surface area contributed by atoms with Crippen LogP contribution in [-0.4, -0.2) is 62.9 Å². The van der Waals surface area contributed by atoms with E-state index >= 15 is 0 Å². The van der Waals surface area contributed by atoms with Crippen molar-refractivity contribution in [2.24, 2.45) is 5.41 Å². The highest BCUT2D eigenvalue weighted by Crippen LogP contribution is 2.28. The topological polar surface area (TPSA) is 164 Å². The van der Waals surface area contributed by atoms with Crippen molar-refractivity contribution in [3.05, 3.63) is 57.0 Å². The molecular formula is C30H33N5O7. The number of anilines is 1. The second kappa shape index (κ2) is 12.3. The van der Waals surface area contributed by atoms with E-state index in [0.717, 1.165) is 0 Å². The molecule has 12 heteroatoms. The van der Waals surface area contributed by atoms with Crippen LogP contribution in [0.5, 0.6) is 0 Å². The number of fused-ring (bicyclic) bond motifs is 2. The number of hydrogen-bond donors (Lipinski definition) is 3. The number of rotatable bonds is 8. The zero-order valence-electron chi connectivity index (χ0n) is 24.2. The van der Waals surface area contributed by atoms with Crippen LogP contribution < -0.4 is 10.9 Å². The quantitative estimate of drug-likeness (QED) is 0.273. The summed E-state index contributed by atoms with van der Waals surface area (Å²) in [4.78, 5) is 74.2. The Hall–Kier alpha value is -4.92. The first-order valence-corrected chi connectivity index (χ1v) is 13.6. The van der Waals surface area contributed by atoms with E-state index in [0.29, 0.717) is 22.3 Å². The molecule has 0 spiro atoms. The monoisotopic (exact) mass is 575 g/mol. The minimum absolute atomic E-state index is 0.0267. The molecule has 3 N–H and O–H groups in total. The van der Waals surface area contributed by atoms with E-state index in [4.69, 9.17) is 9.47 Å². The van der Waals surface area contributed by atoms with Gasteiger partial charge in [0.2, 0.25) is 11.9 Å². The molecule has 42 heavy (non-hydrogen) atoms. The van der Waals surface area contributed by atoms with Gasteiger partial charge in [-0.1, -0.05) is 38.7 Å². The number of H-pyrrole nitrogens is 2. The Bertz CT molecular complexity index is 1670. The molecule has 3 heterocycles. The number of nitrogens with one attached hydrogen (secondary N) is 3. The highest BCUT2D eigenvalue weighted by molar-refractivity contribution is 6.01. The summed E-state index contributed by atoms with van der Waals surface area (Å²) >= 11 is 0. The molecule has 1 atom stereocenters. The van der Waals surface area contributed by atoms with Crippen LogP contribution in [-0.2, 0) is 30.4 Å². The van der Waals surface area contributed by atoms with Gasteiger partial charge in [-0.15, -0.1) is 0 Å². The maximum Gasteiger partial charge on any atom is 0.328 e. The average Bonchev–Trinajstić information content (AvgIpc) is 3.48. The summed E-state index contributed by atoms with van der Waals surface area (Å²) in [5, 5.41) is 2.84. The molecular weight excluding hydrogens is 542 g/mol. The van der Waals surface area contributed by atoms with Gasteiger partial charge in [0.05, 0.1) is 24.2 Å². The molecule has 220 valence electrons. The standard InChI is InChI=1S/C30H33N5O7/c1-6-41-22(36)13-12-21(27(39)42-7-2)35-16-19-11-9-17(14-20(19)26(35)38)8-10-18-15-31-24-23(18)25(37)33-29(32-24)34-28(40)30(3,4)5/h9,11,14-15,21H,6-7,12-13,16H2,1-5H3,(H3,31,32,33,34,37,40)/t21-/m0/s1. The predicted molar refractivity (Wildman–Crippen MR) is 153 cm³/mol. The van der Waals surface area contributed by atoms with Crippen molar-refractivity contribution in [3.63, 3.8) is 0 Å². The van der Waals surface area contributed by atoms with Gasteiger partial charge in [0.15, 0.2) is 0 Å². The molecule has 1 aliphatic heterocycles. The summed E-state index contributed by atoms with van der Waals surface area (Å²) in [6.45, 7) is 9.16. The van der Waals surface area contributed by atoms with Gasteiger partial charge in [0.1, 0.15) is 11.7 Å². The highest BCUT2D eigenvalue weighted by Gasteiger charge is 2.37. The van der Waals surface area contributed by atoms with Crippen molar-refractivity contribution >= 4 is 40.7 Å². The Morgan fingerprint density at radius 3 is 2.55 bits per heavy atom. The zero-order valence-corrected chi connectivity index (χ0v) is 24.2. The molecule has 1 aromatic carbocycles. The highest BCUT2D eigenvalue weighted by atomic mass is 16.5. The fourth-order valence-corrected chi connectivity index (χ4v) is 4.41. The number of amides is 2. The summed E-state index contributed by atoms with van der Waals surface area (Å²) in [5.74, 6) is 4.26. The third-order valence-corrected chi connectivity index (χ3v) is 6.60. The van der Waals surface area contributed by atoms with E-state index in [1.165, 1.54) is 4.90 Å². The van der Waals surface area contributed by atoms with Crippen molar-refractivity contribution in [2.45, 2.75) is 60.0 Å². The number of aromatic amines is 2. The molecule has 0 saturated heterocycles. The Kier molecular flexibility index (Phi) is 8.80. The summed E-state index contributed by atoms with van der Waals surface area (Å²) in [6, 6.07) is 4.21. The van der Waals surface area contributed by atoms with Crippen LogP contribution >= 0.6 is 0 Å². The van der Waals surface area contributed by atoms with Crippen LogP contribution in [0, 0.1) is 17.3 Å². The molecule has 2 aromatic heterocycles. The molecule has 0 aliphatic carbocycles. The molecule has 0 unspecified atom stereocenters. The number of nitrogens with zero attached hydrogens (tertiary/aromatic N) is 2. The lowest BCUT2D eigenvalue weighted by atomic mass is 9.96. The maximum atomic E-state index is 13.4. The number of aromatic nitrogens is 3. The lowest BCUT2D eigenvalue weighted by Crippen LogP contribution is -2.42.